The van der Waals surface area contributed by atoms with E-state index in [1.54, 1.807) is 0 Å². The summed E-state index contributed by atoms with van der Waals surface area (Å²) in [5.74, 6) is 0. The molecule has 0 saturated carbocycles. The van der Waals surface area contributed by atoms with Gasteiger partial charge in [0.25, 0.3) is 0 Å². The van der Waals surface area contributed by atoms with E-state index in [2.05, 4.69) is 65.6 Å². The number of para-hydroxylation sites is 3. The third-order valence-electron chi connectivity index (χ3n) is 6.75. The van der Waals surface area contributed by atoms with E-state index in [4.69, 9.17) is 0 Å². The van der Waals surface area contributed by atoms with Crippen LogP contribution in [0.15, 0.2) is 133 Å². The second-order valence-electron chi connectivity index (χ2n) is 8.77. The maximum absolute atomic E-state index is 10.1. The van der Waals surface area contributed by atoms with Crippen LogP contribution < -0.4 is 4.90 Å². The summed E-state index contributed by atoms with van der Waals surface area (Å²) in [5.41, 5.74) is 9.49. The fraction of sp³-hybridized carbons (Fsp3) is 0. The van der Waals surface area contributed by atoms with Gasteiger partial charge in [0.2, 0.25) is 0 Å². The van der Waals surface area contributed by atoms with Crippen molar-refractivity contribution in [2.75, 3.05) is 4.90 Å². The molecule has 0 saturated heterocycles. The van der Waals surface area contributed by atoms with Gasteiger partial charge in [-0.3, -0.25) is 0 Å². The second kappa shape index (κ2) is 9.34. The van der Waals surface area contributed by atoms with E-state index in [1.807, 2.05) is 78.9 Å². The molecule has 3 nitrogen and oxygen atoms in total. The molecule has 6 rings (SSSR count). The molecule has 1 heterocycles. The van der Waals surface area contributed by atoms with Gasteiger partial charge in [-0.2, -0.15) is 10.5 Å². The van der Waals surface area contributed by atoms with Crippen molar-refractivity contribution in [2.45, 2.75) is 0 Å². The topological polar surface area (TPSA) is 50.8 Å². The van der Waals surface area contributed by atoms with Crippen molar-refractivity contribution in [1.29, 1.82) is 10.5 Å². The van der Waals surface area contributed by atoms with Gasteiger partial charge < -0.3 is 4.90 Å². The first-order chi connectivity index (χ1) is 18.3. The standard InChI is InChI=1S/C34H21N3/c35-22-24(23-36)34-30-18-6-4-14-26(30)28-16-8-10-20-32(28)37(25-12-2-1-3-13-25)33-21-11-9-17-29(33)27-15-5-7-19-31(27)34/h1-21H. The van der Waals surface area contributed by atoms with Crippen molar-refractivity contribution >= 4 is 22.6 Å². The Labute approximate surface area is 216 Å². The van der Waals surface area contributed by atoms with Gasteiger partial charge >= 0.3 is 0 Å². The molecule has 1 aliphatic heterocycles. The molecule has 5 aromatic rings. The maximum Gasteiger partial charge on any atom is 0.138 e. The van der Waals surface area contributed by atoms with Crippen LogP contribution in [0, 0.1) is 22.7 Å². The van der Waals surface area contributed by atoms with Crippen LogP contribution in [-0.4, -0.2) is 0 Å². The lowest BCUT2D eigenvalue weighted by Crippen LogP contribution is -2.13. The number of allylic oxidation sites excluding steroid dienone is 1. The second-order valence-corrected chi connectivity index (χ2v) is 8.77. The zero-order chi connectivity index (χ0) is 25.2. The summed E-state index contributed by atoms with van der Waals surface area (Å²) in [6.07, 6.45) is 0. The molecule has 0 bridgehead atoms. The van der Waals surface area contributed by atoms with Crippen LogP contribution in [0.2, 0.25) is 0 Å². The Balaban J connectivity index is 1.85. The van der Waals surface area contributed by atoms with Gasteiger partial charge in [-0.1, -0.05) is 103 Å². The minimum Gasteiger partial charge on any atom is -0.309 e. The highest BCUT2D eigenvalue weighted by Gasteiger charge is 2.26. The molecule has 1 aliphatic rings. The monoisotopic (exact) mass is 471 g/mol. The number of hydrogen-bond acceptors (Lipinski definition) is 3. The molecule has 0 aromatic heterocycles. The van der Waals surface area contributed by atoms with Gasteiger partial charge in [-0.25, -0.2) is 0 Å². The Morgan fingerprint density at radius 1 is 0.432 bits per heavy atom. The molecule has 37 heavy (non-hydrogen) atoms. The van der Waals surface area contributed by atoms with Crippen molar-refractivity contribution in [3.8, 4) is 34.4 Å². The van der Waals surface area contributed by atoms with Crippen molar-refractivity contribution in [3.63, 3.8) is 0 Å². The molecular weight excluding hydrogens is 450 g/mol. The Morgan fingerprint density at radius 2 is 0.811 bits per heavy atom. The first kappa shape index (κ1) is 22.1. The highest BCUT2D eigenvalue weighted by molar-refractivity contribution is 6.03. The molecule has 5 aromatic carbocycles. The summed E-state index contributed by atoms with van der Waals surface area (Å²) >= 11 is 0. The van der Waals surface area contributed by atoms with Crippen LogP contribution in [0.1, 0.15) is 11.1 Å². The van der Waals surface area contributed by atoms with E-state index in [1.165, 1.54) is 0 Å². The predicted octanol–water partition coefficient (Wildman–Crippen LogP) is 8.65. The lowest BCUT2D eigenvalue weighted by Gasteiger charge is -2.32. The van der Waals surface area contributed by atoms with Crippen molar-refractivity contribution in [2.24, 2.45) is 0 Å². The summed E-state index contributed by atoms with van der Waals surface area (Å²) in [7, 11) is 0. The Hall–Kier alpha value is -5.38. The molecule has 0 N–H and O–H groups in total. The quantitative estimate of drug-likeness (QED) is 0.225. The number of rotatable bonds is 1. The first-order valence-corrected chi connectivity index (χ1v) is 12.1. The summed E-state index contributed by atoms with van der Waals surface area (Å²) in [5, 5.41) is 20.1. The molecule has 0 fully saturated rings. The molecular formula is C34H21N3. The fourth-order valence-corrected chi connectivity index (χ4v) is 5.20. The number of fused-ring (bicyclic) bond motifs is 6. The van der Waals surface area contributed by atoms with E-state index < -0.39 is 0 Å². The van der Waals surface area contributed by atoms with E-state index in [-0.39, 0.29) is 5.57 Å². The van der Waals surface area contributed by atoms with Crippen LogP contribution in [0.3, 0.4) is 0 Å². The highest BCUT2D eigenvalue weighted by atomic mass is 15.1. The molecule has 0 spiro atoms. The average Bonchev–Trinajstić information content (AvgIpc) is 2.97. The molecule has 0 aliphatic carbocycles. The summed E-state index contributed by atoms with van der Waals surface area (Å²) in [6.45, 7) is 0. The first-order valence-electron chi connectivity index (χ1n) is 12.1. The zero-order valence-corrected chi connectivity index (χ0v) is 20.0. The van der Waals surface area contributed by atoms with Gasteiger partial charge in [0, 0.05) is 22.4 Å². The van der Waals surface area contributed by atoms with Crippen molar-refractivity contribution in [3.05, 3.63) is 144 Å². The Morgan fingerprint density at radius 3 is 1.27 bits per heavy atom. The van der Waals surface area contributed by atoms with Gasteiger partial charge in [0.1, 0.15) is 17.7 Å². The largest absolute Gasteiger partial charge is 0.309 e. The smallest absolute Gasteiger partial charge is 0.138 e. The van der Waals surface area contributed by atoms with Crippen LogP contribution in [0.4, 0.5) is 17.1 Å². The van der Waals surface area contributed by atoms with E-state index >= 15 is 0 Å². The van der Waals surface area contributed by atoms with E-state index in [9.17, 15) is 10.5 Å². The number of hydrogen-bond donors (Lipinski definition) is 0. The SMILES string of the molecule is N#CC(C#N)=C1c2ccccc2-c2ccccc2N(c2ccccc2)c2ccccc2-c2ccccc21. The van der Waals surface area contributed by atoms with Gasteiger partial charge in [0.05, 0.1) is 11.4 Å². The fourth-order valence-electron chi connectivity index (χ4n) is 5.20. The Kier molecular flexibility index (Phi) is 5.58. The predicted molar refractivity (Wildman–Crippen MR) is 149 cm³/mol. The highest BCUT2D eigenvalue weighted by Crippen LogP contribution is 2.49. The molecule has 172 valence electrons. The summed E-state index contributed by atoms with van der Waals surface area (Å²) in [4.78, 5) is 2.29. The number of anilines is 3. The molecule has 0 unspecified atom stereocenters. The third-order valence-corrected chi connectivity index (χ3v) is 6.75. The molecule has 0 atom stereocenters. The van der Waals surface area contributed by atoms with Crippen LogP contribution in [0.25, 0.3) is 27.8 Å². The number of nitriles is 2. The molecule has 3 heteroatoms. The molecule has 0 amide bonds. The third kappa shape index (κ3) is 3.67. The minimum atomic E-state index is 0.0929. The lowest BCUT2D eigenvalue weighted by atomic mass is 9.83. The average molecular weight is 472 g/mol. The van der Waals surface area contributed by atoms with E-state index in [0.717, 1.165) is 50.4 Å². The molecule has 0 radical (unpaired) electrons. The van der Waals surface area contributed by atoms with Gasteiger partial charge in [0.15, 0.2) is 0 Å². The summed E-state index contributed by atoms with van der Waals surface area (Å²) < 4.78 is 0. The van der Waals surface area contributed by atoms with Crippen LogP contribution >= 0.6 is 0 Å². The zero-order valence-electron chi connectivity index (χ0n) is 20.0. The van der Waals surface area contributed by atoms with E-state index in [0.29, 0.717) is 5.57 Å². The maximum atomic E-state index is 10.1. The lowest BCUT2D eigenvalue weighted by molar-refractivity contribution is 1.28. The minimum absolute atomic E-state index is 0.0929. The van der Waals surface area contributed by atoms with Gasteiger partial charge in [-0.05, 0) is 46.5 Å². The van der Waals surface area contributed by atoms with Gasteiger partial charge in [-0.15, -0.1) is 0 Å². The normalized spacial score (nSPS) is 11.6. The van der Waals surface area contributed by atoms with Crippen molar-refractivity contribution < 1.29 is 0 Å². The number of nitrogens with zero attached hydrogens (tertiary/aromatic N) is 3. The number of benzene rings is 5. The van der Waals surface area contributed by atoms with Crippen molar-refractivity contribution in [1.82, 2.24) is 0 Å². The van der Waals surface area contributed by atoms with Crippen LogP contribution in [-0.2, 0) is 0 Å². The summed E-state index contributed by atoms with van der Waals surface area (Å²) in [6, 6.07) is 47.4. The Bertz CT molecular complexity index is 1640. The van der Waals surface area contributed by atoms with Crippen LogP contribution in [0.5, 0.6) is 0 Å².